The van der Waals surface area contributed by atoms with Crippen LogP contribution in [0.1, 0.15) is 13.3 Å². The number of fused-ring (bicyclic) bond motifs is 1. The van der Waals surface area contributed by atoms with Crippen LogP contribution in [0.15, 0.2) is 11.8 Å². The summed E-state index contributed by atoms with van der Waals surface area (Å²) in [4.78, 5) is 11.2. The van der Waals surface area contributed by atoms with Crippen LogP contribution in [0.25, 0.3) is 0 Å². The maximum atomic E-state index is 11.2. The number of aliphatic hydroxyl groups is 6. The second-order valence-electron chi connectivity index (χ2n) is 7.11. The van der Waals surface area contributed by atoms with Crippen molar-refractivity contribution in [3.05, 3.63) is 11.8 Å². The average molecular weight is 376 g/mol. The summed E-state index contributed by atoms with van der Waals surface area (Å²) in [5.41, 5.74) is -1.70. The topological polar surface area (TPSA) is 166 Å². The van der Waals surface area contributed by atoms with Gasteiger partial charge in [0.1, 0.15) is 30.0 Å². The van der Waals surface area contributed by atoms with E-state index in [0.29, 0.717) is 6.29 Å². The summed E-state index contributed by atoms with van der Waals surface area (Å²) in [6.07, 6.45) is -8.12. The highest BCUT2D eigenvalue weighted by Crippen LogP contribution is 2.49. The standard InChI is InChI=1S/C16H24O10/c1-6-8(19)2-16(23)7(3-17)5-24-14(10(6)16)26-15-13(22)12(21)11(20)9(4-18)25-15/h3,5-6,8-15,18-23H,2,4H2,1H3/t6-,8-,9+,10-,11+,12-,13+,14-,15-,16-/m0/s1. The van der Waals surface area contributed by atoms with Gasteiger partial charge in [0.05, 0.1) is 30.5 Å². The fourth-order valence-corrected chi connectivity index (χ4v) is 3.98. The molecule has 1 saturated carbocycles. The van der Waals surface area contributed by atoms with Crippen molar-refractivity contribution in [1.82, 2.24) is 0 Å². The molecule has 0 spiro atoms. The summed E-state index contributed by atoms with van der Waals surface area (Å²) in [7, 11) is 0. The molecular formula is C16H24O10. The molecule has 0 radical (unpaired) electrons. The van der Waals surface area contributed by atoms with Crippen LogP contribution in [0.3, 0.4) is 0 Å². The Morgan fingerprint density at radius 3 is 2.54 bits per heavy atom. The maximum absolute atomic E-state index is 11.2. The van der Waals surface area contributed by atoms with Gasteiger partial charge < -0.3 is 44.8 Å². The Kier molecular flexibility index (Phi) is 5.39. The fourth-order valence-electron chi connectivity index (χ4n) is 3.98. The molecule has 0 aromatic carbocycles. The normalized spacial score (nSPS) is 51.3. The van der Waals surface area contributed by atoms with Crippen LogP contribution in [0.5, 0.6) is 0 Å². The number of carbonyl (C=O) groups excluding carboxylic acids is 1. The van der Waals surface area contributed by atoms with E-state index >= 15 is 0 Å². The summed E-state index contributed by atoms with van der Waals surface area (Å²) in [5, 5.41) is 60.0. The van der Waals surface area contributed by atoms with Crippen molar-refractivity contribution in [1.29, 1.82) is 0 Å². The van der Waals surface area contributed by atoms with Crippen LogP contribution < -0.4 is 0 Å². The van der Waals surface area contributed by atoms with Gasteiger partial charge in [-0.3, -0.25) is 4.79 Å². The molecule has 0 unspecified atom stereocenters. The number of aliphatic hydroxyl groups excluding tert-OH is 5. The van der Waals surface area contributed by atoms with Gasteiger partial charge >= 0.3 is 0 Å². The lowest BCUT2D eigenvalue weighted by molar-refractivity contribution is -0.346. The second-order valence-corrected chi connectivity index (χ2v) is 7.11. The molecule has 1 saturated heterocycles. The quantitative estimate of drug-likeness (QED) is 0.278. The van der Waals surface area contributed by atoms with Crippen LogP contribution in [0.4, 0.5) is 0 Å². The number of hydrogen-bond acceptors (Lipinski definition) is 10. The van der Waals surface area contributed by atoms with Gasteiger partial charge in [-0.2, -0.15) is 0 Å². The summed E-state index contributed by atoms with van der Waals surface area (Å²) >= 11 is 0. The van der Waals surface area contributed by atoms with Crippen LogP contribution in [-0.2, 0) is 19.0 Å². The van der Waals surface area contributed by atoms with E-state index in [9.17, 15) is 35.4 Å². The van der Waals surface area contributed by atoms with Gasteiger partial charge in [-0.1, -0.05) is 6.92 Å². The van der Waals surface area contributed by atoms with Gasteiger partial charge in [0.25, 0.3) is 0 Å². The van der Waals surface area contributed by atoms with Crippen molar-refractivity contribution >= 4 is 6.29 Å². The Morgan fingerprint density at radius 1 is 1.23 bits per heavy atom. The number of aldehydes is 1. The lowest BCUT2D eigenvalue weighted by atomic mass is 9.79. The highest BCUT2D eigenvalue weighted by atomic mass is 16.8. The molecule has 1 aliphatic carbocycles. The summed E-state index contributed by atoms with van der Waals surface area (Å²) in [6.45, 7) is 1.04. The predicted molar refractivity (Wildman–Crippen MR) is 82.1 cm³/mol. The van der Waals surface area contributed by atoms with E-state index in [-0.39, 0.29) is 12.0 Å². The molecule has 0 amide bonds. The third-order valence-corrected chi connectivity index (χ3v) is 5.61. The molecule has 0 bridgehead atoms. The van der Waals surface area contributed by atoms with Crippen molar-refractivity contribution in [2.75, 3.05) is 6.61 Å². The molecule has 148 valence electrons. The predicted octanol–water partition coefficient (Wildman–Crippen LogP) is -3.01. The zero-order valence-electron chi connectivity index (χ0n) is 14.1. The first kappa shape index (κ1) is 19.6. The van der Waals surface area contributed by atoms with Gasteiger partial charge in [-0.05, 0) is 5.92 Å². The third kappa shape index (κ3) is 2.96. The molecule has 3 rings (SSSR count). The highest BCUT2D eigenvalue weighted by Gasteiger charge is 2.60. The van der Waals surface area contributed by atoms with Crippen molar-refractivity contribution in [3.63, 3.8) is 0 Å². The SMILES string of the molecule is C[C@@H]1[C@H]2[C@H](O[C@@H]3O[C@H](CO)[C@@H](O)[C@H](O)[C@H]3O)OC=C(C=O)[C@@]2(O)C[C@@H]1O. The van der Waals surface area contributed by atoms with E-state index in [1.807, 2.05) is 0 Å². The molecule has 6 N–H and O–H groups in total. The van der Waals surface area contributed by atoms with E-state index < -0.39 is 67.1 Å². The first-order valence-corrected chi connectivity index (χ1v) is 8.42. The van der Waals surface area contributed by atoms with E-state index in [1.54, 1.807) is 6.92 Å². The van der Waals surface area contributed by atoms with Crippen LogP contribution in [0.2, 0.25) is 0 Å². The minimum absolute atomic E-state index is 0.0282. The first-order valence-electron chi connectivity index (χ1n) is 8.42. The average Bonchev–Trinajstić information content (AvgIpc) is 2.85. The molecule has 0 aromatic heterocycles. The number of hydrogen-bond donors (Lipinski definition) is 6. The largest absolute Gasteiger partial charge is 0.471 e. The molecule has 2 aliphatic heterocycles. The van der Waals surface area contributed by atoms with Crippen LogP contribution in [0, 0.1) is 11.8 Å². The Bertz CT molecular complexity index is 565. The second kappa shape index (κ2) is 7.13. The van der Waals surface area contributed by atoms with E-state index in [4.69, 9.17) is 14.2 Å². The molecule has 10 atom stereocenters. The zero-order valence-corrected chi connectivity index (χ0v) is 14.1. The monoisotopic (exact) mass is 376 g/mol. The minimum atomic E-state index is -1.67. The van der Waals surface area contributed by atoms with Crippen molar-refractivity contribution in [2.24, 2.45) is 11.8 Å². The van der Waals surface area contributed by atoms with Crippen molar-refractivity contribution in [3.8, 4) is 0 Å². The van der Waals surface area contributed by atoms with Gasteiger partial charge in [0.15, 0.2) is 12.6 Å². The van der Waals surface area contributed by atoms with Crippen molar-refractivity contribution < 1.29 is 49.6 Å². The fraction of sp³-hybridized carbons (Fsp3) is 0.812. The summed E-state index contributed by atoms with van der Waals surface area (Å²) in [5.74, 6) is -1.34. The number of carbonyl (C=O) groups is 1. The highest BCUT2D eigenvalue weighted by molar-refractivity contribution is 5.76. The Labute approximate surface area is 149 Å². The van der Waals surface area contributed by atoms with Crippen molar-refractivity contribution in [2.45, 2.75) is 62.0 Å². The minimum Gasteiger partial charge on any atom is -0.471 e. The zero-order chi connectivity index (χ0) is 19.2. The van der Waals surface area contributed by atoms with Gasteiger partial charge in [-0.15, -0.1) is 0 Å². The maximum Gasteiger partial charge on any atom is 0.208 e. The van der Waals surface area contributed by atoms with Gasteiger partial charge in [0.2, 0.25) is 6.29 Å². The Balaban J connectivity index is 1.83. The van der Waals surface area contributed by atoms with E-state index in [0.717, 1.165) is 6.26 Å². The molecular weight excluding hydrogens is 352 g/mol. The molecule has 0 aromatic rings. The smallest absolute Gasteiger partial charge is 0.208 e. The van der Waals surface area contributed by atoms with Crippen LogP contribution >= 0.6 is 0 Å². The Hall–Kier alpha value is -1.11. The number of rotatable bonds is 4. The Morgan fingerprint density at radius 2 is 1.92 bits per heavy atom. The lowest BCUT2D eigenvalue weighted by Crippen LogP contribution is -2.61. The molecule has 10 heteroatoms. The third-order valence-electron chi connectivity index (χ3n) is 5.61. The summed E-state index contributed by atoms with van der Waals surface area (Å²) in [6, 6.07) is 0. The lowest BCUT2D eigenvalue weighted by Gasteiger charge is -2.44. The molecule has 26 heavy (non-hydrogen) atoms. The van der Waals surface area contributed by atoms with Gasteiger partial charge in [-0.25, -0.2) is 0 Å². The first-order chi connectivity index (χ1) is 12.2. The molecule has 2 heterocycles. The number of ether oxygens (including phenoxy) is 3. The van der Waals surface area contributed by atoms with Gasteiger partial charge in [0, 0.05) is 6.42 Å². The molecule has 10 nitrogen and oxygen atoms in total. The van der Waals surface area contributed by atoms with Crippen LogP contribution in [-0.4, -0.2) is 92.2 Å². The summed E-state index contributed by atoms with van der Waals surface area (Å²) < 4.78 is 16.2. The molecule has 2 fully saturated rings. The van der Waals surface area contributed by atoms with E-state index in [1.165, 1.54) is 0 Å². The molecule has 3 aliphatic rings. The van der Waals surface area contributed by atoms with E-state index in [2.05, 4.69) is 0 Å².